The van der Waals surface area contributed by atoms with Gasteiger partial charge in [-0.3, -0.25) is 0 Å². The fourth-order valence-corrected chi connectivity index (χ4v) is 2.82. The number of nitrogens with one attached hydrogen (secondary N) is 1. The summed E-state index contributed by atoms with van der Waals surface area (Å²) in [5.74, 6) is 2.08. The van der Waals surface area contributed by atoms with Crippen molar-refractivity contribution in [2.45, 2.75) is 64.8 Å². The van der Waals surface area contributed by atoms with Gasteiger partial charge in [0.25, 0.3) is 0 Å². The van der Waals surface area contributed by atoms with E-state index in [1.165, 1.54) is 71.1 Å². The Labute approximate surface area is 114 Å². The van der Waals surface area contributed by atoms with E-state index in [0.717, 1.165) is 17.9 Å². The number of hydrogen-bond acceptors (Lipinski definition) is 2. The molecule has 2 aliphatic rings. The third-order valence-electron chi connectivity index (χ3n) is 4.23. The van der Waals surface area contributed by atoms with Gasteiger partial charge in [0.05, 0.1) is 0 Å². The first kappa shape index (κ1) is 14.3. The Morgan fingerprint density at radius 2 is 1.61 bits per heavy atom. The summed E-state index contributed by atoms with van der Waals surface area (Å²) in [7, 11) is 0. The minimum atomic E-state index is 0.729. The average Bonchev–Trinajstić information content (AvgIpc) is 3.22. The minimum absolute atomic E-state index is 0.729. The molecular formula is C16H32N2. The van der Waals surface area contributed by atoms with Crippen LogP contribution in [0.4, 0.5) is 0 Å². The lowest BCUT2D eigenvalue weighted by atomic mass is 10.1. The van der Waals surface area contributed by atoms with Gasteiger partial charge >= 0.3 is 0 Å². The van der Waals surface area contributed by atoms with Crippen LogP contribution in [-0.2, 0) is 0 Å². The van der Waals surface area contributed by atoms with Crippen molar-refractivity contribution in [3.05, 3.63) is 0 Å². The third kappa shape index (κ3) is 5.71. The third-order valence-corrected chi connectivity index (χ3v) is 4.23. The van der Waals surface area contributed by atoms with Gasteiger partial charge in [0.2, 0.25) is 0 Å². The van der Waals surface area contributed by atoms with Crippen LogP contribution in [0.25, 0.3) is 0 Å². The minimum Gasteiger partial charge on any atom is -0.313 e. The second kappa shape index (κ2) is 7.49. The fourth-order valence-electron chi connectivity index (χ4n) is 2.82. The largest absolute Gasteiger partial charge is 0.313 e. The molecule has 1 atom stereocenters. The van der Waals surface area contributed by atoms with E-state index in [-0.39, 0.29) is 0 Å². The summed E-state index contributed by atoms with van der Waals surface area (Å²) in [4.78, 5) is 2.78. The molecule has 0 spiro atoms. The van der Waals surface area contributed by atoms with Gasteiger partial charge in [-0.25, -0.2) is 0 Å². The maximum atomic E-state index is 3.75. The van der Waals surface area contributed by atoms with Crippen molar-refractivity contribution in [1.82, 2.24) is 10.2 Å². The molecule has 0 aromatic carbocycles. The Balaban J connectivity index is 1.74. The van der Waals surface area contributed by atoms with Crippen LogP contribution in [-0.4, -0.2) is 37.1 Å². The molecule has 2 nitrogen and oxygen atoms in total. The first-order chi connectivity index (χ1) is 8.81. The standard InChI is InChI=1S/C16H32N2/c1-3-5-16(17-10-4-2)13-18(11-14-6-7-14)12-15-8-9-15/h14-17H,3-13H2,1-2H3. The van der Waals surface area contributed by atoms with Crippen LogP contribution in [0, 0.1) is 11.8 Å². The molecule has 0 bridgehead atoms. The van der Waals surface area contributed by atoms with Crippen molar-refractivity contribution >= 4 is 0 Å². The van der Waals surface area contributed by atoms with E-state index >= 15 is 0 Å². The number of nitrogens with zero attached hydrogens (tertiary/aromatic N) is 1. The van der Waals surface area contributed by atoms with E-state index in [9.17, 15) is 0 Å². The molecule has 1 unspecified atom stereocenters. The van der Waals surface area contributed by atoms with Gasteiger partial charge in [0, 0.05) is 25.7 Å². The second-order valence-corrected chi connectivity index (χ2v) is 6.55. The highest BCUT2D eigenvalue weighted by Gasteiger charge is 2.29. The lowest BCUT2D eigenvalue weighted by Gasteiger charge is -2.28. The molecule has 1 N–H and O–H groups in total. The lowest BCUT2D eigenvalue weighted by molar-refractivity contribution is 0.219. The highest BCUT2D eigenvalue weighted by molar-refractivity contribution is 4.84. The molecule has 0 aromatic rings. The molecule has 0 aromatic heterocycles. The average molecular weight is 252 g/mol. The van der Waals surface area contributed by atoms with E-state index in [1.54, 1.807) is 0 Å². The summed E-state index contributed by atoms with van der Waals surface area (Å²) in [5, 5.41) is 3.75. The van der Waals surface area contributed by atoms with Gasteiger partial charge in [-0.1, -0.05) is 20.3 Å². The maximum absolute atomic E-state index is 3.75. The highest BCUT2D eigenvalue weighted by Crippen LogP contribution is 2.33. The monoisotopic (exact) mass is 252 g/mol. The van der Waals surface area contributed by atoms with E-state index in [0.29, 0.717) is 0 Å². The van der Waals surface area contributed by atoms with E-state index in [4.69, 9.17) is 0 Å². The molecule has 0 saturated heterocycles. The Hall–Kier alpha value is -0.0800. The molecule has 0 amide bonds. The van der Waals surface area contributed by atoms with Crippen molar-refractivity contribution in [3.8, 4) is 0 Å². The lowest BCUT2D eigenvalue weighted by Crippen LogP contribution is -2.43. The normalized spacial score (nSPS) is 21.5. The first-order valence-electron chi connectivity index (χ1n) is 8.27. The van der Waals surface area contributed by atoms with Crippen molar-refractivity contribution in [3.63, 3.8) is 0 Å². The Morgan fingerprint density at radius 1 is 1.00 bits per heavy atom. The summed E-state index contributed by atoms with van der Waals surface area (Å²) in [6.45, 7) is 9.82. The van der Waals surface area contributed by atoms with Crippen molar-refractivity contribution < 1.29 is 0 Å². The molecule has 2 heteroatoms. The van der Waals surface area contributed by atoms with Crippen LogP contribution in [0.3, 0.4) is 0 Å². The van der Waals surface area contributed by atoms with E-state index in [2.05, 4.69) is 24.1 Å². The second-order valence-electron chi connectivity index (χ2n) is 6.55. The van der Waals surface area contributed by atoms with Crippen LogP contribution in [0.1, 0.15) is 58.8 Å². The smallest absolute Gasteiger partial charge is 0.0194 e. The Morgan fingerprint density at radius 3 is 2.06 bits per heavy atom. The Bertz CT molecular complexity index is 207. The quantitative estimate of drug-likeness (QED) is 0.607. The zero-order valence-corrected chi connectivity index (χ0v) is 12.5. The van der Waals surface area contributed by atoms with E-state index in [1.807, 2.05) is 0 Å². The van der Waals surface area contributed by atoms with Crippen LogP contribution in [0.2, 0.25) is 0 Å². The molecule has 0 aliphatic heterocycles. The zero-order valence-electron chi connectivity index (χ0n) is 12.5. The predicted molar refractivity (Wildman–Crippen MR) is 78.9 cm³/mol. The van der Waals surface area contributed by atoms with Gasteiger partial charge in [-0.15, -0.1) is 0 Å². The zero-order chi connectivity index (χ0) is 12.8. The first-order valence-corrected chi connectivity index (χ1v) is 8.27. The van der Waals surface area contributed by atoms with Crippen LogP contribution in [0.5, 0.6) is 0 Å². The van der Waals surface area contributed by atoms with Crippen molar-refractivity contribution in [2.75, 3.05) is 26.2 Å². The molecule has 0 heterocycles. The summed E-state index contributed by atoms with van der Waals surface area (Å²) in [6, 6.07) is 0.729. The highest BCUT2D eigenvalue weighted by atomic mass is 15.2. The molecule has 2 saturated carbocycles. The number of hydrogen-bond donors (Lipinski definition) is 1. The van der Waals surface area contributed by atoms with Gasteiger partial charge in [-0.05, 0) is 56.9 Å². The van der Waals surface area contributed by atoms with Crippen LogP contribution in [0.15, 0.2) is 0 Å². The topological polar surface area (TPSA) is 15.3 Å². The van der Waals surface area contributed by atoms with Crippen molar-refractivity contribution in [2.24, 2.45) is 11.8 Å². The van der Waals surface area contributed by atoms with Crippen LogP contribution < -0.4 is 5.32 Å². The van der Waals surface area contributed by atoms with Gasteiger partial charge in [-0.2, -0.15) is 0 Å². The fraction of sp³-hybridized carbons (Fsp3) is 1.00. The summed E-state index contributed by atoms with van der Waals surface area (Å²) in [6.07, 6.45) is 9.85. The SMILES string of the molecule is CCCNC(CCC)CN(CC1CC1)CC1CC1. The van der Waals surface area contributed by atoms with Crippen LogP contribution >= 0.6 is 0 Å². The Kier molecular flexibility index (Phi) is 5.97. The van der Waals surface area contributed by atoms with E-state index < -0.39 is 0 Å². The molecule has 106 valence electrons. The summed E-state index contributed by atoms with van der Waals surface area (Å²) in [5.41, 5.74) is 0. The summed E-state index contributed by atoms with van der Waals surface area (Å²) >= 11 is 0. The molecule has 2 aliphatic carbocycles. The molecule has 18 heavy (non-hydrogen) atoms. The summed E-state index contributed by atoms with van der Waals surface area (Å²) < 4.78 is 0. The van der Waals surface area contributed by atoms with Gasteiger partial charge in [0.15, 0.2) is 0 Å². The molecule has 2 rings (SSSR count). The van der Waals surface area contributed by atoms with Gasteiger partial charge < -0.3 is 10.2 Å². The number of rotatable bonds is 11. The molecule has 2 fully saturated rings. The maximum Gasteiger partial charge on any atom is 0.0194 e. The van der Waals surface area contributed by atoms with Crippen molar-refractivity contribution in [1.29, 1.82) is 0 Å². The van der Waals surface area contributed by atoms with Gasteiger partial charge in [0.1, 0.15) is 0 Å². The molecular weight excluding hydrogens is 220 g/mol. The predicted octanol–water partition coefficient (Wildman–Crippen LogP) is 3.28. The molecule has 0 radical (unpaired) electrons.